The Morgan fingerprint density at radius 1 is 0.892 bits per heavy atom. The lowest BCUT2D eigenvalue weighted by Gasteiger charge is -2.36. The second-order valence-corrected chi connectivity index (χ2v) is 11.3. The SMILES string of the molecule is COc1ccc(N2CCN(C(=O)Cn3c(=O)n(S(=O)(=O)c4ccc(Br)cc4)c4ccccc43)CC2)cc1. The van der Waals surface area contributed by atoms with Gasteiger partial charge < -0.3 is 14.5 Å². The van der Waals surface area contributed by atoms with Gasteiger partial charge in [-0.25, -0.2) is 13.2 Å². The lowest BCUT2D eigenvalue weighted by molar-refractivity contribution is -0.132. The van der Waals surface area contributed by atoms with Gasteiger partial charge in [0.2, 0.25) is 5.91 Å². The van der Waals surface area contributed by atoms with Crippen LogP contribution in [0.2, 0.25) is 0 Å². The third kappa shape index (κ3) is 4.76. The lowest BCUT2D eigenvalue weighted by Crippen LogP contribution is -2.50. The van der Waals surface area contributed by atoms with E-state index in [1.807, 2.05) is 24.3 Å². The van der Waals surface area contributed by atoms with E-state index in [-0.39, 0.29) is 22.9 Å². The zero-order chi connectivity index (χ0) is 26.2. The second kappa shape index (κ2) is 10.1. The number of carbonyl (C=O) groups excluding carboxylic acids is 1. The molecule has 1 aromatic heterocycles. The van der Waals surface area contributed by atoms with Gasteiger partial charge in [-0.3, -0.25) is 9.36 Å². The molecule has 3 aromatic carbocycles. The molecule has 37 heavy (non-hydrogen) atoms. The van der Waals surface area contributed by atoms with Crippen molar-refractivity contribution in [2.75, 3.05) is 38.2 Å². The maximum absolute atomic E-state index is 13.4. The van der Waals surface area contributed by atoms with Gasteiger partial charge in [0.05, 0.1) is 23.0 Å². The van der Waals surface area contributed by atoms with Gasteiger partial charge >= 0.3 is 5.69 Å². The Kier molecular flexibility index (Phi) is 6.82. The second-order valence-electron chi connectivity index (χ2n) is 8.65. The minimum absolute atomic E-state index is 0.0123. The van der Waals surface area contributed by atoms with Crippen molar-refractivity contribution in [2.24, 2.45) is 0 Å². The normalized spacial score (nSPS) is 14.2. The van der Waals surface area contributed by atoms with Crippen molar-refractivity contribution in [3.8, 4) is 5.75 Å². The number of amides is 1. The van der Waals surface area contributed by atoms with Gasteiger partial charge in [-0.05, 0) is 60.7 Å². The van der Waals surface area contributed by atoms with Crippen LogP contribution in [-0.2, 0) is 21.4 Å². The molecule has 1 aliphatic heterocycles. The number of imidazole rings is 1. The van der Waals surface area contributed by atoms with Gasteiger partial charge in [-0.15, -0.1) is 0 Å². The summed E-state index contributed by atoms with van der Waals surface area (Å²) in [4.78, 5) is 30.5. The van der Waals surface area contributed by atoms with Crippen LogP contribution in [0.5, 0.6) is 5.75 Å². The van der Waals surface area contributed by atoms with Crippen molar-refractivity contribution in [3.05, 3.63) is 87.8 Å². The van der Waals surface area contributed by atoms with Gasteiger partial charge in [-0.2, -0.15) is 3.97 Å². The highest BCUT2D eigenvalue weighted by atomic mass is 79.9. The molecule has 2 heterocycles. The molecule has 1 amide bonds. The zero-order valence-electron chi connectivity index (χ0n) is 20.1. The van der Waals surface area contributed by atoms with Crippen LogP contribution in [0.25, 0.3) is 11.0 Å². The third-order valence-electron chi connectivity index (χ3n) is 6.51. The number of fused-ring (bicyclic) bond motifs is 1. The smallest absolute Gasteiger partial charge is 0.343 e. The van der Waals surface area contributed by atoms with Crippen molar-refractivity contribution in [1.29, 1.82) is 0 Å². The van der Waals surface area contributed by atoms with Crippen LogP contribution in [0.15, 0.2) is 87.0 Å². The van der Waals surface area contributed by atoms with Crippen LogP contribution < -0.4 is 15.3 Å². The van der Waals surface area contributed by atoms with Crippen LogP contribution in [0.4, 0.5) is 5.69 Å². The van der Waals surface area contributed by atoms with Gasteiger partial charge in [0, 0.05) is 36.3 Å². The summed E-state index contributed by atoms with van der Waals surface area (Å²) in [5, 5.41) is 0. The van der Waals surface area contributed by atoms with E-state index >= 15 is 0 Å². The monoisotopic (exact) mass is 584 g/mol. The fourth-order valence-electron chi connectivity index (χ4n) is 4.52. The van der Waals surface area contributed by atoms with Gasteiger partial charge in [0.1, 0.15) is 12.3 Å². The molecule has 4 aromatic rings. The number of rotatable bonds is 6. The number of hydrogen-bond donors (Lipinski definition) is 0. The third-order valence-corrected chi connectivity index (χ3v) is 8.74. The summed E-state index contributed by atoms with van der Waals surface area (Å²) >= 11 is 3.30. The average Bonchev–Trinajstić information content (AvgIpc) is 3.20. The quantitative estimate of drug-likeness (QED) is 0.345. The molecule has 1 fully saturated rings. The largest absolute Gasteiger partial charge is 0.497 e. The number of halogens is 1. The van der Waals surface area contributed by atoms with Crippen LogP contribution in [0.3, 0.4) is 0 Å². The van der Waals surface area contributed by atoms with Gasteiger partial charge in [-0.1, -0.05) is 28.1 Å². The maximum atomic E-state index is 13.4. The molecule has 9 nitrogen and oxygen atoms in total. The topological polar surface area (TPSA) is 93.8 Å². The lowest BCUT2D eigenvalue weighted by atomic mass is 10.2. The molecule has 1 saturated heterocycles. The van der Waals surface area contributed by atoms with Crippen LogP contribution in [0.1, 0.15) is 0 Å². The van der Waals surface area contributed by atoms with Crippen molar-refractivity contribution >= 4 is 48.6 Å². The van der Waals surface area contributed by atoms with Crippen molar-refractivity contribution in [1.82, 2.24) is 13.4 Å². The molecule has 1 aliphatic rings. The van der Waals surface area contributed by atoms with Gasteiger partial charge in [0.25, 0.3) is 10.0 Å². The molecule has 5 rings (SSSR count). The number of aromatic nitrogens is 2. The van der Waals surface area contributed by atoms with E-state index in [0.29, 0.717) is 31.7 Å². The minimum Gasteiger partial charge on any atom is -0.497 e. The number of nitrogens with zero attached hydrogens (tertiary/aromatic N) is 4. The molecular formula is C26H25BrN4O5S. The summed E-state index contributed by atoms with van der Waals surface area (Å²) < 4.78 is 34.8. The fraction of sp³-hybridized carbons (Fsp3) is 0.231. The Bertz CT molecular complexity index is 1600. The first-order valence-electron chi connectivity index (χ1n) is 11.7. The molecule has 0 atom stereocenters. The van der Waals surface area contributed by atoms with E-state index in [4.69, 9.17) is 4.74 Å². The van der Waals surface area contributed by atoms with E-state index in [0.717, 1.165) is 19.9 Å². The zero-order valence-corrected chi connectivity index (χ0v) is 22.5. The summed E-state index contributed by atoms with van der Waals surface area (Å²) in [7, 11) is -2.55. The highest BCUT2D eigenvalue weighted by Gasteiger charge is 2.28. The first-order chi connectivity index (χ1) is 17.8. The molecular weight excluding hydrogens is 560 g/mol. The predicted octanol–water partition coefficient (Wildman–Crippen LogP) is 3.16. The number of methoxy groups -OCH3 is 1. The molecule has 0 saturated carbocycles. The first kappa shape index (κ1) is 25.1. The van der Waals surface area contributed by atoms with Crippen LogP contribution >= 0.6 is 15.9 Å². The summed E-state index contributed by atoms with van der Waals surface area (Å²) in [5.74, 6) is 0.546. The number of para-hydroxylation sites is 2. The van der Waals surface area contributed by atoms with Crippen LogP contribution in [-0.4, -0.2) is 61.1 Å². The summed E-state index contributed by atoms with van der Waals surface area (Å²) in [6.45, 7) is 2.04. The Morgan fingerprint density at radius 2 is 1.51 bits per heavy atom. The number of carbonyl (C=O) groups is 1. The summed E-state index contributed by atoms with van der Waals surface area (Å²) in [6, 6.07) is 20.4. The Balaban J connectivity index is 1.38. The van der Waals surface area contributed by atoms with E-state index in [1.165, 1.54) is 16.7 Å². The average molecular weight is 585 g/mol. The molecule has 0 aliphatic carbocycles. The molecule has 11 heteroatoms. The molecule has 0 radical (unpaired) electrons. The molecule has 192 valence electrons. The Morgan fingerprint density at radius 3 is 2.14 bits per heavy atom. The van der Waals surface area contributed by atoms with E-state index in [9.17, 15) is 18.0 Å². The van der Waals surface area contributed by atoms with E-state index in [2.05, 4.69) is 20.8 Å². The number of benzene rings is 3. The van der Waals surface area contributed by atoms with E-state index in [1.54, 1.807) is 48.4 Å². The molecule has 0 unspecified atom stereocenters. The summed E-state index contributed by atoms with van der Waals surface area (Å²) in [6.07, 6.45) is 0. The number of hydrogen-bond acceptors (Lipinski definition) is 6. The Hall–Kier alpha value is -3.57. The van der Waals surface area contributed by atoms with E-state index < -0.39 is 15.7 Å². The first-order valence-corrected chi connectivity index (χ1v) is 13.9. The standard InChI is InChI=1S/C26H25BrN4O5S/c1-36-21-10-8-20(9-11-21)28-14-16-29(17-15-28)25(32)18-30-23-4-2-3-5-24(23)31(26(30)33)37(34,35)22-12-6-19(27)7-13-22/h2-13H,14-18H2,1H3. The summed E-state index contributed by atoms with van der Waals surface area (Å²) in [5.41, 5.74) is 0.894. The predicted molar refractivity (Wildman–Crippen MR) is 145 cm³/mol. The van der Waals surface area contributed by atoms with Crippen molar-refractivity contribution in [2.45, 2.75) is 11.4 Å². The number of anilines is 1. The highest BCUT2D eigenvalue weighted by Crippen LogP contribution is 2.23. The molecule has 0 bridgehead atoms. The fourth-order valence-corrected chi connectivity index (χ4v) is 6.19. The van der Waals surface area contributed by atoms with Crippen molar-refractivity contribution in [3.63, 3.8) is 0 Å². The molecule has 0 spiro atoms. The highest BCUT2D eigenvalue weighted by molar-refractivity contribution is 9.10. The minimum atomic E-state index is -4.17. The Labute approximate surface area is 222 Å². The van der Waals surface area contributed by atoms with Crippen LogP contribution in [0, 0.1) is 0 Å². The number of piperazine rings is 1. The molecule has 0 N–H and O–H groups in total. The maximum Gasteiger partial charge on any atom is 0.343 e. The van der Waals surface area contributed by atoms with Crippen molar-refractivity contribution < 1.29 is 17.9 Å². The van der Waals surface area contributed by atoms with Gasteiger partial charge in [0.15, 0.2) is 0 Å². The number of ether oxygens (including phenoxy) is 1.